The van der Waals surface area contributed by atoms with Crippen LogP contribution in [0.4, 0.5) is 0 Å². The van der Waals surface area contributed by atoms with Crippen LogP contribution in [0.1, 0.15) is 12.8 Å². The third-order valence-electron chi connectivity index (χ3n) is 1.75. The molecule has 0 bridgehead atoms. The summed E-state index contributed by atoms with van der Waals surface area (Å²) in [7, 11) is 0. The van der Waals surface area contributed by atoms with Crippen molar-refractivity contribution in [3.63, 3.8) is 0 Å². The van der Waals surface area contributed by atoms with Gasteiger partial charge in [-0.25, -0.2) is 0 Å². The molecule has 2 nitrogen and oxygen atoms in total. The lowest BCUT2D eigenvalue weighted by molar-refractivity contribution is 0.779. The molecule has 0 radical (unpaired) electrons. The summed E-state index contributed by atoms with van der Waals surface area (Å²) in [5, 5.41) is 6.52. The molecule has 0 amide bonds. The molecule has 0 aromatic carbocycles. The maximum atomic E-state index is 3.28. The van der Waals surface area contributed by atoms with Gasteiger partial charge in [-0.2, -0.15) is 0 Å². The number of hydrogen-bond donors (Lipinski definition) is 2. The van der Waals surface area contributed by atoms with E-state index in [0.29, 0.717) is 0 Å². The molecule has 0 unspecified atom stereocenters. The second kappa shape index (κ2) is 1.79. The zero-order valence-electron chi connectivity index (χ0n) is 5.28. The molecular weight excluding hydrogens is 112 g/mol. The molecule has 48 valence electrons. The first kappa shape index (κ1) is 4.91. The number of rotatable bonds is 0. The van der Waals surface area contributed by atoms with Crippen LogP contribution in [-0.4, -0.2) is 6.67 Å². The van der Waals surface area contributed by atoms with Gasteiger partial charge in [-0.1, -0.05) is 6.08 Å². The van der Waals surface area contributed by atoms with Crippen LogP contribution in [0.3, 0.4) is 0 Å². The van der Waals surface area contributed by atoms with Crippen LogP contribution in [0.25, 0.3) is 0 Å². The lowest BCUT2D eigenvalue weighted by Crippen LogP contribution is -2.14. The zero-order valence-corrected chi connectivity index (χ0v) is 5.28. The summed E-state index contributed by atoms with van der Waals surface area (Å²) < 4.78 is 0. The van der Waals surface area contributed by atoms with E-state index in [4.69, 9.17) is 0 Å². The van der Waals surface area contributed by atoms with Gasteiger partial charge in [0.05, 0.1) is 12.4 Å². The first-order valence-corrected chi connectivity index (χ1v) is 3.34. The van der Waals surface area contributed by atoms with Gasteiger partial charge >= 0.3 is 0 Å². The highest BCUT2D eigenvalue weighted by Crippen LogP contribution is 2.16. The van der Waals surface area contributed by atoms with Gasteiger partial charge in [0, 0.05) is 5.70 Å². The van der Waals surface area contributed by atoms with Crippen molar-refractivity contribution in [1.29, 1.82) is 0 Å². The molecule has 0 saturated carbocycles. The van der Waals surface area contributed by atoms with Gasteiger partial charge in [-0.15, -0.1) is 0 Å². The molecule has 1 heterocycles. The molecular formula is C7H10N2. The van der Waals surface area contributed by atoms with Crippen molar-refractivity contribution in [2.45, 2.75) is 12.8 Å². The zero-order chi connectivity index (χ0) is 6.10. The van der Waals surface area contributed by atoms with Crippen molar-refractivity contribution in [2.24, 2.45) is 0 Å². The first-order chi connectivity index (χ1) is 4.47. The molecule has 2 aliphatic rings. The van der Waals surface area contributed by atoms with Crippen molar-refractivity contribution in [1.82, 2.24) is 10.6 Å². The Kier molecular flexibility index (Phi) is 0.979. The minimum Gasteiger partial charge on any atom is -0.370 e. The summed E-state index contributed by atoms with van der Waals surface area (Å²) in [6.07, 6.45) is 6.73. The predicted octanol–water partition coefficient (Wildman–Crippen LogP) is 0.698. The normalized spacial score (nSPS) is 23.1. The van der Waals surface area contributed by atoms with E-state index >= 15 is 0 Å². The van der Waals surface area contributed by atoms with Crippen molar-refractivity contribution < 1.29 is 0 Å². The summed E-state index contributed by atoms with van der Waals surface area (Å²) in [4.78, 5) is 0. The lowest BCUT2D eigenvalue weighted by Gasteiger charge is -2.05. The molecule has 1 aliphatic heterocycles. The number of hydrogen-bond acceptors (Lipinski definition) is 2. The maximum Gasteiger partial charge on any atom is 0.0848 e. The lowest BCUT2D eigenvalue weighted by atomic mass is 10.1. The Morgan fingerprint density at radius 2 is 2.33 bits per heavy atom. The highest BCUT2D eigenvalue weighted by atomic mass is 15.1. The molecule has 0 saturated heterocycles. The van der Waals surface area contributed by atoms with Crippen molar-refractivity contribution in [3.05, 3.63) is 23.5 Å². The second-order valence-corrected chi connectivity index (χ2v) is 2.36. The van der Waals surface area contributed by atoms with E-state index in [-0.39, 0.29) is 0 Å². The first-order valence-electron chi connectivity index (χ1n) is 3.34. The Bertz CT molecular complexity index is 179. The molecule has 0 aromatic rings. The van der Waals surface area contributed by atoms with E-state index in [1.807, 2.05) is 0 Å². The summed E-state index contributed by atoms with van der Waals surface area (Å²) >= 11 is 0. The minimum atomic E-state index is 0.912. The molecule has 2 rings (SSSR count). The van der Waals surface area contributed by atoms with Gasteiger partial charge in [0.25, 0.3) is 0 Å². The van der Waals surface area contributed by atoms with E-state index in [0.717, 1.165) is 6.67 Å². The largest absolute Gasteiger partial charge is 0.370 e. The summed E-state index contributed by atoms with van der Waals surface area (Å²) in [6, 6.07) is 0. The van der Waals surface area contributed by atoms with Crippen LogP contribution in [0.5, 0.6) is 0 Å². The molecule has 2 heteroatoms. The molecule has 0 fully saturated rings. The van der Waals surface area contributed by atoms with Crippen molar-refractivity contribution in [2.75, 3.05) is 6.67 Å². The second-order valence-electron chi connectivity index (χ2n) is 2.36. The van der Waals surface area contributed by atoms with E-state index in [1.54, 1.807) is 0 Å². The van der Waals surface area contributed by atoms with E-state index in [2.05, 4.69) is 22.8 Å². The van der Waals surface area contributed by atoms with Gasteiger partial charge in [0.15, 0.2) is 0 Å². The average Bonchev–Trinajstić information content (AvgIpc) is 2.33. The quantitative estimate of drug-likeness (QED) is 0.494. The van der Waals surface area contributed by atoms with Crippen molar-refractivity contribution in [3.8, 4) is 0 Å². The molecule has 1 aliphatic carbocycles. The van der Waals surface area contributed by atoms with Crippen LogP contribution >= 0.6 is 0 Å². The number of nitrogens with one attached hydrogen (secondary N) is 2. The van der Waals surface area contributed by atoms with E-state index in [9.17, 15) is 0 Å². The Balaban J connectivity index is 2.28. The van der Waals surface area contributed by atoms with Crippen molar-refractivity contribution >= 4 is 0 Å². The number of allylic oxidation sites excluding steroid dienone is 3. The molecule has 0 aromatic heterocycles. The van der Waals surface area contributed by atoms with Gasteiger partial charge in [-0.3, -0.25) is 0 Å². The minimum absolute atomic E-state index is 0.912. The van der Waals surface area contributed by atoms with Gasteiger partial charge < -0.3 is 10.6 Å². The Morgan fingerprint density at radius 1 is 1.33 bits per heavy atom. The predicted molar refractivity (Wildman–Crippen MR) is 36.5 cm³/mol. The topological polar surface area (TPSA) is 24.1 Å². The molecule has 0 atom stereocenters. The fourth-order valence-electron chi connectivity index (χ4n) is 1.26. The Morgan fingerprint density at radius 3 is 3.22 bits per heavy atom. The summed E-state index contributed by atoms with van der Waals surface area (Å²) in [5.41, 5.74) is 2.68. The fourth-order valence-corrected chi connectivity index (χ4v) is 1.26. The highest BCUT2D eigenvalue weighted by molar-refractivity contribution is 5.29. The standard InChI is InChI=1S/C7H10N2/c1-2-4-7-6(3-1)8-5-9-7/h1,3,8-9H,2,4-5H2. The van der Waals surface area contributed by atoms with E-state index < -0.39 is 0 Å². The molecule has 0 spiro atoms. The smallest absolute Gasteiger partial charge is 0.0848 e. The third kappa shape index (κ3) is 0.707. The van der Waals surface area contributed by atoms with Gasteiger partial charge in [0.2, 0.25) is 0 Å². The Hall–Kier alpha value is -0.920. The third-order valence-corrected chi connectivity index (χ3v) is 1.75. The highest BCUT2D eigenvalue weighted by Gasteiger charge is 2.11. The van der Waals surface area contributed by atoms with Crippen LogP contribution in [0.15, 0.2) is 23.5 Å². The van der Waals surface area contributed by atoms with Gasteiger partial charge in [0.1, 0.15) is 0 Å². The average molecular weight is 122 g/mol. The summed E-state index contributed by atoms with van der Waals surface area (Å²) in [6.45, 7) is 0.912. The van der Waals surface area contributed by atoms with Gasteiger partial charge in [-0.05, 0) is 18.9 Å². The van der Waals surface area contributed by atoms with Crippen LogP contribution < -0.4 is 10.6 Å². The fraction of sp³-hybridized carbons (Fsp3) is 0.429. The monoisotopic (exact) mass is 122 g/mol. The summed E-state index contributed by atoms with van der Waals surface area (Å²) in [5.74, 6) is 0. The Labute approximate surface area is 54.6 Å². The SMILES string of the molecule is C1=CC2=C(CC1)NCN2. The van der Waals surface area contributed by atoms with E-state index in [1.165, 1.54) is 24.2 Å². The maximum absolute atomic E-state index is 3.28. The van der Waals surface area contributed by atoms with Crippen LogP contribution in [0.2, 0.25) is 0 Å². The van der Waals surface area contributed by atoms with Crippen LogP contribution in [-0.2, 0) is 0 Å². The molecule has 9 heavy (non-hydrogen) atoms. The van der Waals surface area contributed by atoms with Crippen LogP contribution in [0, 0.1) is 0 Å². The molecule has 2 N–H and O–H groups in total.